The van der Waals surface area contributed by atoms with Gasteiger partial charge in [0.15, 0.2) is 0 Å². The maximum absolute atomic E-state index is 4.51. The average Bonchev–Trinajstić information content (AvgIpc) is 2.32. The van der Waals surface area contributed by atoms with Gasteiger partial charge in [-0.25, -0.2) is 0 Å². The molecule has 3 nitrogen and oxygen atoms in total. The van der Waals surface area contributed by atoms with Crippen LogP contribution in [0.15, 0.2) is 18.6 Å². The normalized spacial score (nSPS) is 27.9. The second-order valence-electron chi connectivity index (χ2n) is 5.96. The van der Waals surface area contributed by atoms with Crippen molar-refractivity contribution in [2.75, 3.05) is 13.6 Å². The molecule has 1 aliphatic carbocycles. The standard InChI is InChI=1S/C14H23N3/c1-14(2)5-4-11(9-15-3)12(8-14)13-10-16-6-7-17-13/h6-7,10-12,15H,4-5,8-9H2,1-3H3. The van der Waals surface area contributed by atoms with E-state index in [-0.39, 0.29) is 0 Å². The summed E-state index contributed by atoms with van der Waals surface area (Å²) >= 11 is 0. The maximum atomic E-state index is 4.51. The molecule has 2 rings (SSSR count). The van der Waals surface area contributed by atoms with Crippen molar-refractivity contribution >= 4 is 0 Å². The van der Waals surface area contributed by atoms with E-state index < -0.39 is 0 Å². The van der Waals surface area contributed by atoms with Crippen LogP contribution >= 0.6 is 0 Å². The van der Waals surface area contributed by atoms with Gasteiger partial charge >= 0.3 is 0 Å². The van der Waals surface area contributed by atoms with Crippen LogP contribution in [0.3, 0.4) is 0 Å². The number of hydrogen-bond donors (Lipinski definition) is 1. The van der Waals surface area contributed by atoms with E-state index in [0.717, 1.165) is 6.54 Å². The van der Waals surface area contributed by atoms with E-state index in [1.165, 1.54) is 25.0 Å². The van der Waals surface area contributed by atoms with Crippen LogP contribution in [-0.4, -0.2) is 23.6 Å². The molecule has 0 bridgehead atoms. The summed E-state index contributed by atoms with van der Waals surface area (Å²) in [6.45, 7) is 5.81. The third kappa shape index (κ3) is 3.03. The predicted molar refractivity (Wildman–Crippen MR) is 69.8 cm³/mol. The van der Waals surface area contributed by atoms with Gasteiger partial charge in [0, 0.05) is 24.5 Å². The Kier molecular flexibility index (Phi) is 3.77. The van der Waals surface area contributed by atoms with Crippen molar-refractivity contribution < 1.29 is 0 Å². The summed E-state index contributed by atoms with van der Waals surface area (Å²) in [4.78, 5) is 8.73. The third-order valence-electron chi connectivity index (χ3n) is 3.96. The van der Waals surface area contributed by atoms with E-state index in [1.807, 2.05) is 19.4 Å². The Bertz CT molecular complexity index is 348. The zero-order valence-corrected chi connectivity index (χ0v) is 11.1. The number of hydrogen-bond acceptors (Lipinski definition) is 3. The molecular weight excluding hydrogens is 210 g/mol. The highest BCUT2D eigenvalue weighted by Crippen LogP contribution is 2.45. The van der Waals surface area contributed by atoms with Gasteiger partial charge in [-0.2, -0.15) is 0 Å². The first-order chi connectivity index (χ1) is 8.12. The first-order valence-corrected chi connectivity index (χ1v) is 6.53. The van der Waals surface area contributed by atoms with Crippen LogP contribution in [0.1, 0.15) is 44.7 Å². The summed E-state index contributed by atoms with van der Waals surface area (Å²) in [6.07, 6.45) is 9.33. The van der Waals surface area contributed by atoms with Gasteiger partial charge in [-0.15, -0.1) is 0 Å². The van der Waals surface area contributed by atoms with Crippen LogP contribution in [0.2, 0.25) is 0 Å². The fourth-order valence-electron chi connectivity index (χ4n) is 3.00. The van der Waals surface area contributed by atoms with Crippen molar-refractivity contribution in [3.63, 3.8) is 0 Å². The minimum Gasteiger partial charge on any atom is -0.319 e. The summed E-state index contributed by atoms with van der Waals surface area (Å²) in [6, 6.07) is 0. The van der Waals surface area contributed by atoms with Crippen molar-refractivity contribution in [3.05, 3.63) is 24.3 Å². The number of aromatic nitrogens is 2. The Hall–Kier alpha value is -0.960. The molecule has 0 saturated heterocycles. The van der Waals surface area contributed by atoms with E-state index in [2.05, 4.69) is 29.1 Å². The van der Waals surface area contributed by atoms with Crippen molar-refractivity contribution in [2.45, 2.75) is 39.0 Å². The fourth-order valence-corrected chi connectivity index (χ4v) is 3.00. The van der Waals surface area contributed by atoms with E-state index in [9.17, 15) is 0 Å². The number of nitrogens with zero attached hydrogens (tertiary/aromatic N) is 2. The Morgan fingerprint density at radius 3 is 2.88 bits per heavy atom. The zero-order chi connectivity index (χ0) is 12.3. The fraction of sp³-hybridized carbons (Fsp3) is 0.714. The molecule has 1 heterocycles. The Morgan fingerprint density at radius 2 is 2.24 bits per heavy atom. The molecule has 1 saturated carbocycles. The third-order valence-corrected chi connectivity index (χ3v) is 3.96. The summed E-state index contributed by atoms with van der Waals surface area (Å²) < 4.78 is 0. The molecule has 2 atom stereocenters. The minimum atomic E-state index is 0.437. The lowest BCUT2D eigenvalue weighted by atomic mass is 9.66. The van der Waals surface area contributed by atoms with Crippen molar-refractivity contribution in [3.8, 4) is 0 Å². The van der Waals surface area contributed by atoms with Crippen LogP contribution < -0.4 is 5.32 Å². The van der Waals surface area contributed by atoms with Gasteiger partial charge in [0.05, 0.1) is 5.69 Å². The van der Waals surface area contributed by atoms with Crippen molar-refractivity contribution in [2.24, 2.45) is 11.3 Å². The molecule has 17 heavy (non-hydrogen) atoms. The van der Waals surface area contributed by atoms with Gasteiger partial charge in [0.1, 0.15) is 0 Å². The molecule has 1 N–H and O–H groups in total. The lowest BCUT2D eigenvalue weighted by molar-refractivity contribution is 0.158. The van der Waals surface area contributed by atoms with E-state index >= 15 is 0 Å². The molecule has 2 unspecified atom stereocenters. The van der Waals surface area contributed by atoms with Gasteiger partial charge in [0.25, 0.3) is 0 Å². The van der Waals surface area contributed by atoms with E-state index in [0.29, 0.717) is 17.3 Å². The quantitative estimate of drug-likeness (QED) is 0.872. The molecule has 1 aromatic rings. The van der Waals surface area contributed by atoms with Gasteiger partial charge in [0.2, 0.25) is 0 Å². The summed E-state index contributed by atoms with van der Waals surface area (Å²) in [5.74, 6) is 1.25. The molecule has 1 fully saturated rings. The topological polar surface area (TPSA) is 37.8 Å². The SMILES string of the molecule is CNCC1CCC(C)(C)CC1c1cnccn1. The summed E-state index contributed by atoms with van der Waals surface area (Å²) in [5.41, 5.74) is 1.60. The molecule has 0 aromatic carbocycles. The van der Waals surface area contributed by atoms with Gasteiger partial charge < -0.3 is 5.32 Å². The molecule has 1 aliphatic rings. The lowest BCUT2D eigenvalue weighted by Crippen LogP contribution is -2.34. The Morgan fingerprint density at radius 1 is 1.41 bits per heavy atom. The van der Waals surface area contributed by atoms with Crippen LogP contribution in [0, 0.1) is 11.3 Å². The van der Waals surface area contributed by atoms with Crippen LogP contribution in [0.25, 0.3) is 0 Å². The maximum Gasteiger partial charge on any atom is 0.0620 e. The van der Waals surface area contributed by atoms with Crippen molar-refractivity contribution in [1.82, 2.24) is 15.3 Å². The second-order valence-corrected chi connectivity index (χ2v) is 5.96. The monoisotopic (exact) mass is 233 g/mol. The molecule has 94 valence electrons. The van der Waals surface area contributed by atoms with Gasteiger partial charge in [-0.05, 0) is 44.2 Å². The summed E-state index contributed by atoms with van der Waals surface area (Å²) in [5, 5.41) is 3.32. The van der Waals surface area contributed by atoms with Crippen LogP contribution in [0.5, 0.6) is 0 Å². The lowest BCUT2D eigenvalue weighted by Gasteiger charge is -2.40. The highest BCUT2D eigenvalue weighted by atomic mass is 14.8. The van der Waals surface area contributed by atoms with Gasteiger partial charge in [-0.3, -0.25) is 9.97 Å². The highest BCUT2D eigenvalue weighted by Gasteiger charge is 2.35. The zero-order valence-electron chi connectivity index (χ0n) is 11.1. The number of nitrogens with one attached hydrogen (secondary N) is 1. The minimum absolute atomic E-state index is 0.437. The summed E-state index contributed by atoms with van der Waals surface area (Å²) in [7, 11) is 2.04. The van der Waals surface area contributed by atoms with E-state index in [4.69, 9.17) is 0 Å². The first kappa shape index (κ1) is 12.5. The highest BCUT2D eigenvalue weighted by molar-refractivity contribution is 5.09. The molecular formula is C14H23N3. The smallest absolute Gasteiger partial charge is 0.0620 e. The van der Waals surface area contributed by atoms with Crippen LogP contribution in [-0.2, 0) is 0 Å². The van der Waals surface area contributed by atoms with Gasteiger partial charge in [-0.1, -0.05) is 13.8 Å². The molecule has 0 amide bonds. The van der Waals surface area contributed by atoms with Crippen molar-refractivity contribution in [1.29, 1.82) is 0 Å². The van der Waals surface area contributed by atoms with Crippen LogP contribution in [0.4, 0.5) is 0 Å². The second kappa shape index (κ2) is 5.13. The Labute approximate surface area is 104 Å². The Balaban J connectivity index is 2.19. The van der Waals surface area contributed by atoms with E-state index in [1.54, 1.807) is 6.20 Å². The molecule has 0 radical (unpaired) electrons. The first-order valence-electron chi connectivity index (χ1n) is 6.53. The molecule has 0 spiro atoms. The molecule has 0 aliphatic heterocycles. The molecule has 3 heteroatoms. The number of rotatable bonds is 3. The largest absolute Gasteiger partial charge is 0.319 e. The molecule has 1 aromatic heterocycles. The predicted octanol–water partition coefficient (Wildman–Crippen LogP) is 2.61. The average molecular weight is 233 g/mol.